The van der Waals surface area contributed by atoms with Crippen molar-refractivity contribution in [1.29, 1.82) is 0 Å². The summed E-state index contributed by atoms with van der Waals surface area (Å²) in [5.74, 6) is 0.310. The molecule has 0 aliphatic carbocycles. The maximum Gasteiger partial charge on any atom is 0.291 e. The van der Waals surface area contributed by atoms with E-state index in [1.54, 1.807) is 54.2 Å². The van der Waals surface area contributed by atoms with Gasteiger partial charge in [-0.25, -0.2) is 14.1 Å². The molecule has 0 radical (unpaired) electrons. The van der Waals surface area contributed by atoms with Crippen LogP contribution < -0.4 is 5.56 Å². The SMILES string of the molecule is Cc1oc(-c2ccccc2F)nc1Cn1ncn2cccc2c1=O. The Morgan fingerprint density at radius 1 is 1.21 bits per heavy atom. The number of nitrogens with zero attached hydrogens (tertiary/aromatic N) is 4. The first-order valence-electron chi connectivity index (χ1n) is 7.37. The van der Waals surface area contributed by atoms with Gasteiger partial charge in [-0.3, -0.25) is 4.79 Å². The van der Waals surface area contributed by atoms with E-state index in [-0.39, 0.29) is 23.6 Å². The first kappa shape index (κ1) is 14.4. The predicted molar refractivity (Wildman–Crippen MR) is 85.2 cm³/mol. The number of halogens is 1. The third-order valence-electron chi connectivity index (χ3n) is 3.84. The van der Waals surface area contributed by atoms with Crippen LogP contribution in [-0.2, 0) is 6.54 Å². The molecule has 0 saturated heterocycles. The van der Waals surface area contributed by atoms with Gasteiger partial charge in [0.1, 0.15) is 29.1 Å². The maximum absolute atomic E-state index is 13.9. The van der Waals surface area contributed by atoms with Crippen LogP contribution in [0.25, 0.3) is 17.0 Å². The number of hydrogen-bond acceptors (Lipinski definition) is 4. The minimum Gasteiger partial charge on any atom is -0.441 e. The van der Waals surface area contributed by atoms with E-state index in [0.29, 0.717) is 17.0 Å². The van der Waals surface area contributed by atoms with Gasteiger partial charge in [0.05, 0.1) is 12.1 Å². The fraction of sp³-hybridized carbons (Fsp3) is 0.118. The molecule has 7 heteroatoms. The van der Waals surface area contributed by atoms with Gasteiger partial charge in [-0.05, 0) is 31.2 Å². The summed E-state index contributed by atoms with van der Waals surface area (Å²) in [4.78, 5) is 16.7. The van der Waals surface area contributed by atoms with Crippen molar-refractivity contribution < 1.29 is 8.81 Å². The predicted octanol–water partition coefficient (Wildman–Crippen LogP) is 2.65. The first-order valence-corrected chi connectivity index (χ1v) is 7.37. The Balaban J connectivity index is 1.74. The lowest BCUT2D eigenvalue weighted by Gasteiger charge is -2.03. The normalized spacial score (nSPS) is 11.2. The van der Waals surface area contributed by atoms with E-state index < -0.39 is 5.82 Å². The molecule has 0 aliphatic heterocycles. The summed E-state index contributed by atoms with van der Waals surface area (Å²) in [5, 5.41) is 4.13. The average molecular weight is 324 g/mol. The Hall–Kier alpha value is -3.22. The molecule has 6 nitrogen and oxygen atoms in total. The van der Waals surface area contributed by atoms with E-state index in [0.717, 1.165) is 0 Å². The van der Waals surface area contributed by atoms with Gasteiger partial charge >= 0.3 is 0 Å². The van der Waals surface area contributed by atoms with Crippen molar-refractivity contribution >= 4 is 5.52 Å². The molecule has 0 bridgehead atoms. The van der Waals surface area contributed by atoms with Gasteiger partial charge < -0.3 is 8.82 Å². The highest BCUT2D eigenvalue weighted by Gasteiger charge is 2.16. The van der Waals surface area contributed by atoms with E-state index in [2.05, 4.69) is 10.1 Å². The summed E-state index contributed by atoms with van der Waals surface area (Å²) in [7, 11) is 0. The Bertz CT molecular complexity index is 1090. The van der Waals surface area contributed by atoms with Crippen molar-refractivity contribution in [3.63, 3.8) is 0 Å². The molecule has 0 N–H and O–H groups in total. The van der Waals surface area contributed by atoms with Crippen LogP contribution in [0, 0.1) is 12.7 Å². The van der Waals surface area contributed by atoms with E-state index in [9.17, 15) is 9.18 Å². The number of benzene rings is 1. The topological polar surface area (TPSA) is 65.3 Å². The lowest BCUT2D eigenvalue weighted by atomic mass is 10.2. The molecule has 4 rings (SSSR count). The number of aryl methyl sites for hydroxylation is 1. The summed E-state index contributed by atoms with van der Waals surface area (Å²) in [6, 6.07) is 9.76. The molecule has 3 heterocycles. The highest BCUT2D eigenvalue weighted by Crippen LogP contribution is 2.24. The zero-order chi connectivity index (χ0) is 16.7. The molecule has 24 heavy (non-hydrogen) atoms. The van der Waals surface area contributed by atoms with Crippen LogP contribution in [0.15, 0.2) is 58.1 Å². The third kappa shape index (κ3) is 2.30. The first-order chi connectivity index (χ1) is 11.6. The van der Waals surface area contributed by atoms with E-state index in [4.69, 9.17) is 4.42 Å². The van der Waals surface area contributed by atoms with E-state index in [1.165, 1.54) is 10.7 Å². The van der Waals surface area contributed by atoms with Crippen LogP contribution >= 0.6 is 0 Å². The van der Waals surface area contributed by atoms with Crippen LogP contribution in [0.4, 0.5) is 4.39 Å². The largest absolute Gasteiger partial charge is 0.441 e. The summed E-state index contributed by atoms with van der Waals surface area (Å²) in [6.45, 7) is 1.89. The molecule has 3 aromatic heterocycles. The molecule has 1 aromatic carbocycles. The van der Waals surface area contributed by atoms with Crippen molar-refractivity contribution in [1.82, 2.24) is 19.2 Å². The van der Waals surface area contributed by atoms with Gasteiger partial charge in [-0.15, -0.1) is 0 Å². The molecular formula is C17H13FN4O2. The number of aromatic nitrogens is 4. The van der Waals surface area contributed by atoms with Crippen LogP contribution in [0.5, 0.6) is 0 Å². The monoisotopic (exact) mass is 324 g/mol. The Kier molecular flexibility index (Phi) is 3.26. The van der Waals surface area contributed by atoms with Crippen LogP contribution in [-0.4, -0.2) is 19.2 Å². The smallest absolute Gasteiger partial charge is 0.291 e. The second-order valence-electron chi connectivity index (χ2n) is 5.40. The lowest BCUT2D eigenvalue weighted by Crippen LogP contribution is -2.25. The van der Waals surface area contributed by atoms with Crippen LogP contribution in [0.2, 0.25) is 0 Å². The molecule has 0 aliphatic rings. The van der Waals surface area contributed by atoms with E-state index >= 15 is 0 Å². The van der Waals surface area contributed by atoms with Gasteiger partial charge in [0.15, 0.2) is 0 Å². The van der Waals surface area contributed by atoms with Gasteiger partial charge in [-0.1, -0.05) is 12.1 Å². The highest BCUT2D eigenvalue weighted by molar-refractivity contribution is 5.54. The molecule has 0 spiro atoms. The zero-order valence-corrected chi connectivity index (χ0v) is 12.8. The van der Waals surface area contributed by atoms with Crippen molar-refractivity contribution in [3.8, 4) is 11.5 Å². The van der Waals surface area contributed by atoms with Gasteiger partial charge in [-0.2, -0.15) is 5.10 Å². The van der Waals surface area contributed by atoms with Gasteiger partial charge in [0.25, 0.3) is 5.56 Å². The van der Waals surface area contributed by atoms with Crippen molar-refractivity contribution in [2.45, 2.75) is 13.5 Å². The molecule has 0 saturated carbocycles. The molecule has 0 amide bonds. The molecule has 0 unspecified atom stereocenters. The Labute approximate surface area is 135 Å². The third-order valence-corrected chi connectivity index (χ3v) is 3.84. The summed E-state index contributed by atoms with van der Waals surface area (Å²) < 4.78 is 22.4. The fourth-order valence-corrected chi connectivity index (χ4v) is 2.56. The Morgan fingerprint density at radius 2 is 2.04 bits per heavy atom. The summed E-state index contributed by atoms with van der Waals surface area (Å²) in [5.41, 5.74) is 1.13. The lowest BCUT2D eigenvalue weighted by molar-refractivity contribution is 0.527. The molecule has 0 atom stereocenters. The minimum atomic E-state index is -0.407. The number of fused-ring (bicyclic) bond motifs is 1. The Morgan fingerprint density at radius 3 is 2.88 bits per heavy atom. The summed E-state index contributed by atoms with van der Waals surface area (Å²) in [6.07, 6.45) is 3.32. The average Bonchev–Trinajstić information content (AvgIpc) is 3.18. The second kappa shape index (κ2) is 5.45. The quantitative estimate of drug-likeness (QED) is 0.581. The number of oxazole rings is 1. The van der Waals surface area contributed by atoms with Gasteiger partial charge in [0, 0.05) is 6.20 Å². The summed E-state index contributed by atoms with van der Waals surface area (Å²) >= 11 is 0. The van der Waals surface area contributed by atoms with Crippen LogP contribution in [0.3, 0.4) is 0 Å². The molecule has 120 valence electrons. The standard InChI is InChI=1S/C17H13FN4O2/c1-11-14(20-16(24-11)12-5-2-3-6-13(12)18)9-22-17(23)15-7-4-8-21(15)10-19-22/h2-8,10H,9H2,1H3. The zero-order valence-electron chi connectivity index (χ0n) is 12.8. The molecule has 0 fully saturated rings. The van der Waals surface area contributed by atoms with Crippen molar-refractivity contribution in [3.05, 3.63) is 76.5 Å². The molecule has 4 aromatic rings. The fourth-order valence-electron chi connectivity index (χ4n) is 2.56. The number of hydrogen-bond donors (Lipinski definition) is 0. The highest BCUT2D eigenvalue weighted by atomic mass is 19.1. The number of rotatable bonds is 3. The van der Waals surface area contributed by atoms with Gasteiger partial charge in [0.2, 0.25) is 5.89 Å². The maximum atomic E-state index is 13.9. The van der Waals surface area contributed by atoms with E-state index in [1.807, 2.05) is 0 Å². The van der Waals surface area contributed by atoms with Crippen molar-refractivity contribution in [2.24, 2.45) is 0 Å². The molecular weight excluding hydrogens is 311 g/mol. The van der Waals surface area contributed by atoms with Crippen LogP contribution in [0.1, 0.15) is 11.5 Å². The minimum absolute atomic E-state index is 0.157. The second-order valence-corrected chi connectivity index (χ2v) is 5.40. The van der Waals surface area contributed by atoms with Crippen molar-refractivity contribution in [2.75, 3.05) is 0 Å².